The van der Waals surface area contributed by atoms with Crippen molar-refractivity contribution in [3.05, 3.63) is 23.9 Å². The van der Waals surface area contributed by atoms with E-state index in [1.807, 2.05) is 21.9 Å². The molecule has 1 aromatic rings. The summed E-state index contributed by atoms with van der Waals surface area (Å²) in [6.45, 7) is 7.21. The van der Waals surface area contributed by atoms with E-state index < -0.39 is 0 Å². The number of pyridine rings is 1. The van der Waals surface area contributed by atoms with E-state index in [4.69, 9.17) is 0 Å². The number of hydrogen-bond acceptors (Lipinski definition) is 6. The Hall–Kier alpha value is -1.61. The summed E-state index contributed by atoms with van der Waals surface area (Å²) in [6.07, 6.45) is 3.64. The second-order valence-electron chi connectivity index (χ2n) is 8.00. The van der Waals surface area contributed by atoms with Gasteiger partial charge in [0, 0.05) is 70.2 Å². The lowest BCUT2D eigenvalue weighted by Gasteiger charge is -2.41. The molecular formula is C20H32Cl2N6O2. The van der Waals surface area contributed by atoms with Crippen LogP contribution in [-0.4, -0.2) is 103 Å². The second kappa shape index (κ2) is 11.1. The minimum atomic E-state index is 0. The minimum absolute atomic E-state index is 0. The molecule has 3 aliphatic heterocycles. The molecular weight excluding hydrogens is 427 g/mol. The Balaban J connectivity index is 0.00000160. The molecule has 3 fully saturated rings. The maximum absolute atomic E-state index is 13.2. The van der Waals surface area contributed by atoms with Crippen LogP contribution < -0.4 is 10.2 Å². The SMILES string of the molecule is CN1CCN(c2cc(C(=O)N3CCCC(N4CCNCC4=O)C3)ccn2)CC1.Cl.Cl. The van der Waals surface area contributed by atoms with E-state index in [2.05, 4.69) is 27.1 Å². The summed E-state index contributed by atoms with van der Waals surface area (Å²) in [6, 6.07) is 3.86. The molecule has 4 heterocycles. The molecule has 10 heteroatoms. The van der Waals surface area contributed by atoms with Crippen molar-refractivity contribution in [3.8, 4) is 0 Å². The number of halogens is 2. The third kappa shape index (κ3) is 5.55. The number of carbonyl (C=O) groups is 2. The van der Waals surface area contributed by atoms with Gasteiger partial charge in [0.25, 0.3) is 5.91 Å². The Kier molecular flexibility index (Phi) is 9.15. The molecule has 0 radical (unpaired) electrons. The molecule has 0 aromatic carbocycles. The first kappa shape index (κ1) is 24.7. The minimum Gasteiger partial charge on any atom is -0.354 e. The molecule has 0 saturated carbocycles. The molecule has 2 amide bonds. The highest BCUT2D eigenvalue weighted by atomic mass is 35.5. The molecule has 3 aliphatic rings. The number of likely N-dealkylation sites (N-methyl/N-ethyl adjacent to an activating group) is 1. The van der Waals surface area contributed by atoms with Crippen LogP contribution in [0.5, 0.6) is 0 Å². The summed E-state index contributed by atoms with van der Waals surface area (Å²) in [5.74, 6) is 1.07. The number of hydrogen-bond donors (Lipinski definition) is 1. The summed E-state index contributed by atoms with van der Waals surface area (Å²) in [5.41, 5.74) is 0.691. The van der Waals surface area contributed by atoms with E-state index in [-0.39, 0.29) is 42.7 Å². The summed E-state index contributed by atoms with van der Waals surface area (Å²) >= 11 is 0. The van der Waals surface area contributed by atoms with Crippen LogP contribution in [0.3, 0.4) is 0 Å². The molecule has 1 aromatic heterocycles. The maximum atomic E-state index is 13.2. The van der Waals surface area contributed by atoms with Crippen LogP contribution in [0.1, 0.15) is 23.2 Å². The summed E-state index contributed by atoms with van der Waals surface area (Å²) in [4.78, 5) is 38.3. The van der Waals surface area contributed by atoms with Crippen molar-refractivity contribution in [2.45, 2.75) is 18.9 Å². The van der Waals surface area contributed by atoms with Gasteiger partial charge in [0.1, 0.15) is 5.82 Å². The predicted molar refractivity (Wildman–Crippen MR) is 122 cm³/mol. The number of anilines is 1. The summed E-state index contributed by atoms with van der Waals surface area (Å²) in [7, 11) is 2.13. The van der Waals surface area contributed by atoms with Crippen molar-refractivity contribution in [2.24, 2.45) is 0 Å². The molecule has 3 saturated heterocycles. The Labute approximate surface area is 190 Å². The zero-order valence-electron chi connectivity index (χ0n) is 17.5. The first-order chi connectivity index (χ1) is 13.6. The highest BCUT2D eigenvalue weighted by Crippen LogP contribution is 2.21. The van der Waals surface area contributed by atoms with Gasteiger partial charge in [0.15, 0.2) is 0 Å². The third-order valence-electron chi connectivity index (χ3n) is 6.07. The van der Waals surface area contributed by atoms with E-state index in [0.29, 0.717) is 18.7 Å². The van der Waals surface area contributed by atoms with Crippen LogP contribution in [0.25, 0.3) is 0 Å². The van der Waals surface area contributed by atoms with Crippen molar-refractivity contribution < 1.29 is 9.59 Å². The number of piperidine rings is 1. The van der Waals surface area contributed by atoms with Gasteiger partial charge in [-0.05, 0) is 32.0 Å². The molecule has 168 valence electrons. The fourth-order valence-corrected chi connectivity index (χ4v) is 4.34. The van der Waals surface area contributed by atoms with Crippen LogP contribution in [0.15, 0.2) is 18.3 Å². The fraction of sp³-hybridized carbons (Fsp3) is 0.650. The summed E-state index contributed by atoms with van der Waals surface area (Å²) in [5, 5.41) is 3.12. The number of aromatic nitrogens is 1. The monoisotopic (exact) mass is 458 g/mol. The number of rotatable bonds is 3. The first-order valence-electron chi connectivity index (χ1n) is 10.3. The molecule has 1 unspecified atom stereocenters. The van der Waals surface area contributed by atoms with Gasteiger partial charge in [-0.15, -0.1) is 24.8 Å². The van der Waals surface area contributed by atoms with Crippen molar-refractivity contribution in [1.82, 2.24) is 25.0 Å². The predicted octanol–water partition coefficient (Wildman–Crippen LogP) is 0.713. The highest BCUT2D eigenvalue weighted by Gasteiger charge is 2.32. The van der Waals surface area contributed by atoms with Gasteiger partial charge in [-0.25, -0.2) is 4.98 Å². The molecule has 4 rings (SSSR count). The van der Waals surface area contributed by atoms with E-state index >= 15 is 0 Å². The molecule has 1 N–H and O–H groups in total. The Morgan fingerprint density at radius 1 is 1.13 bits per heavy atom. The van der Waals surface area contributed by atoms with Gasteiger partial charge in [-0.2, -0.15) is 0 Å². The van der Waals surface area contributed by atoms with Crippen molar-refractivity contribution >= 4 is 42.4 Å². The molecule has 1 atom stereocenters. The van der Waals surface area contributed by atoms with Gasteiger partial charge in [-0.3, -0.25) is 9.59 Å². The van der Waals surface area contributed by atoms with Crippen molar-refractivity contribution in [2.75, 3.05) is 70.9 Å². The number of nitrogens with one attached hydrogen (secondary N) is 1. The van der Waals surface area contributed by atoms with Crippen molar-refractivity contribution in [1.29, 1.82) is 0 Å². The standard InChI is InChI=1S/C20H30N6O2.2ClH/c1-23-9-11-24(12-10-23)18-13-16(4-5-22-18)20(28)25-7-2-3-17(15-25)26-8-6-21-14-19(26)27;;/h4-5,13,17,21H,2-3,6-12,14-15H2,1H3;2*1H. The van der Waals surface area contributed by atoms with Crippen LogP contribution >= 0.6 is 24.8 Å². The lowest BCUT2D eigenvalue weighted by atomic mass is 10.0. The number of carbonyl (C=O) groups excluding carboxylic acids is 2. The molecule has 30 heavy (non-hydrogen) atoms. The molecule has 0 aliphatic carbocycles. The van der Waals surface area contributed by atoms with Gasteiger partial charge in [0.2, 0.25) is 5.91 Å². The lowest BCUT2D eigenvalue weighted by Crippen LogP contribution is -2.57. The number of amides is 2. The van der Waals surface area contributed by atoms with Gasteiger partial charge in [0.05, 0.1) is 6.54 Å². The molecule has 0 spiro atoms. The maximum Gasteiger partial charge on any atom is 0.254 e. The molecule has 8 nitrogen and oxygen atoms in total. The first-order valence-corrected chi connectivity index (χ1v) is 10.3. The van der Waals surface area contributed by atoms with Gasteiger partial charge < -0.3 is 24.9 Å². The van der Waals surface area contributed by atoms with E-state index in [0.717, 1.165) is 64.5 Å². The average Bonchev–Trinajstić information content (AvgIpc) is 2.74. The molecule has 0 bridgehead atoms. The van der Waals surface area contributed by atoms with E-state index in [1.54, 1.807) is 6.20 Å². The van der Waals surface area contributed by atoms with Crippen LogP contribution in [-0.2, 0) is 4.79 Å². The zero-order chi connectivity index (χ0) is 19.5. The largest absolute Gasteiger partial charge is 0.354 e. The normalized spacial score (nSPS) is 22.9. The quantitative estimate of drug-likeness (QED) is 0.718. The Bertz CT molecular complexity index is 729. The fourth-order valence-electron chi connectivity index (χ4n) is 4.34. The van der Waals surface area contributed by atoms with Gasteiger partial charge >= 0.3 is 0 Å². The van der Waals surface area contributed by atoms with Crippen LogP contribution in [0.4, 0.5) is 5.82 Å². The number of likely N-dealkylation sites (tertiary alicyclic amines) is 1. The number of nitrogens with zero attached hydrogens (tertiary/aromatic N) is 5. The Morgan fingerprint density at radius 2 is 1.90 bits per heavy atom. The topological polar surface area (TPSA) is 72.0 Å². The van der Waals surface area contributed by atoms with E-state index in [1.165, 1.54) is 0 Å². The lowest BCUT2D eigenvalue weighted by molar-refractivity contribution is -0.135. The summed E-state index contributed by atoms with van der Waals surface area (Å²) < 4.78 is 0. The Morgan fingerprint density at radius 3 is 2.63 bits per heavy atom. The zero-order valence-corrected chi connectivity index (χ0v) is 19.1. The van der Waals surface area contributed by atoms with Gasteiger partial charge in [-0.1, -0.05) is 0 Å². The smallest absolute Gasteiger partial charge is 0.254 e. The third-order valence-corrected chi connectivity index (χ3v) is 6.07. The van der Waals surface area contributed by atoms with Crippen molar-refractivity contribution in [3.63, 3.8) is 0 Å². The number of piperazine rings is 2. The average molecular weight is 459 g/mol. The van der Waals surface area contributed by atoms with E-state index in [9.17, 15) is 9.59 Å². The second-order valence-corrected chi connectivity index (χ2v) is 8.00. The van der Waals surface area contributed by atoms with Crippen LogP contribution in [0, 0.1) is 0 Å². The highest BCUT2D eigenvalue weighted by molar-refractivity contribution is 5.95. The van der Waals surface area contributed by atoms with Crippen LogP contribution in [0.2, 0.25) is 0 Å².